The molecule has 1 aromatic carbocycles. The van der Waals surface area contributed by atoms with Gasteiger partial charge in [-0.05, 0) is 49.9 Å². The van der Waals surface area contributed by atoms with Gasteiger partial charge in [-0.1, -0.05) is 50.1 Å². The standard InChI is InChI=1S/C19H26FNO2/c20-17-14-12-16(13-15-17)19(22)23-21-18-10-8-6-4-2-1-3-5-7-9-11-18/h12-15H,1-11H2. The van der Waals surface area contributed by atoms with Gasteiger partial charge in [0, 0.05) is 0 Å². The third kappa shape index (κ3) is 6.93. The van der Waals surface area contributed by atoms with Crippen molar-refractivity contribution in [3.05, 3.63) is 35.6 Å². The molecule has 0 heterocycles. The molecule has 0 bridgehead atoms. The highest BCUT2D eigenvalue weighted by Gasteiger charge is 2.09. The molecule has 1 aliphatic carbocycles. The summed E-state index contributed by atoms with van der Waals surface area (Å²) in [6.07, 6.45) is 13.0. The highest BCUT2D eigenvalue weighted by Crippen LogP contribution is 2.16. The Morgan fingerprint density at radius 2 is 1.30 bits per heavy atom. The van der Waals surface area contributed by atoms with Crippen molar-refractivity contribution in [1.29, 1.82) is 0 Å². The molecule has 0 aliphatic heterocycles. The number of carbonyl (C=O) groups is 1. The first-order chi connectivity index (χ1) is 11.3. The van der Waals surface area contributed by atoms with E-state index < -0.39 is 5.97 Å². The quantitative estimate of drug-likeness (QED) is 0.522. The second kappa shape index (κ2) is 10.1. The molecule has 1 aromatic rings. The van der Waals surface area contributed by atoms with Crippen molar-refractivity contribution in [2.45, 2.75) is 70.6 Å². The third-order valence-electron chi connectivity index (χ3n) is 4.27. The number of halogens is 1. The molecule has 0 aromatic heterocycles. The highest BCUT2D eigenvalue weighted by molar-refractivity contribution is 5.90. The van der Waals surface area contributed by atoms with E-state index in [1.165, 1.54) is 69.2 Å². The molecule has 0 unspecified atom stereocenters. The normalized spacial score (nSPS) is 17.7. The molecule has 1 aliphatic rings. The van der Waals surface area contributed by atoms with E-state index in [0.29, 0.717) is 5.56 Å². The minimum absolute atomic E-state index is 0.323. The molecule has 3 nitrogen and oxygen atoms in total. The lowest BCUT2D eigenvalue weighted by atomic mass is 10.00. The Kier molecular flexibility index (Phi) is 7.78. The molecule has 4 heteroatoms. The summed E-state index contributed by atoms with van der Waals surface area (Å²) in [5.74, 6) is -0.893. The Morgan fingerprint density at radius 1 is 0.826 bits per heavy atom. The molecule has 126 valence electrons. The van der Waals surface area contributed by atoms with E-state index in [1.807, 2.05) is 0 Å². The summed E-state index contributed by atoms with van der Waals surface area (Å²) in [6, 6.07) is 5.33. The van der Waals surface area contributed by atoms with E-state index >= 15 is 0 Å². The summed E-state index contributed by atoms with van der Waals surface area (Å²) >= 11 is 0. The maximum atomic E-state index is 12.9. The SMILES string of the molecule is O=C(ON=C1CCCCCCCCCCC1)c1ccc(F)cc1. The molecule has 0 spiro atoms. The Labute approximate surface area is 137 Å². The minimum atomic E-state index is -0.524. The van der Waals surface area contributed by atoms with Crippen molar-refractivity contribution in [2.75, 3.05) is 0 Å². The molecular weight excluding hydrogens is 293 g/mol. The van der Waals surface area contributed by atoms with Crippen molar-refractivity contribution in [1.82, 2.24) is 0 Å². The Morgan fingerprint density at radius 3 is 1.83 bits per heavy atom. The van der Waals surface area contributed by atoms with E-state index in [9.17, 15) is 9.18 Å². The van der Waals surface area contributed by atoms with E-state index in [1.54, 1.807) is 0 Å². The van der Waals surface area contributed by atoms with Crippen LogP contribution in [0.25, 0.3) is 0 Å². The second-order valence-corrected chi connectivity index (χ2v) is 6.23. The van der Waals surface area contributed by atoms with Gasteiger partial charge < -0.3 is 4.84 Å². The number of benzene rings is 1. The number of oxime groups is 1. The number of nitrogens with zero attached hydrogens (tertiary/aromatic N) is 1. The first-order valence-corrected chi connectivity index (χ1v) is 8.78. The molecule has 1 saturated carbocycles. The summed E-state index contributed by atoms with van der Waals surface area (Å²) in [6.45, 7) is 0. The fourth-order valence-corrected chi connectivity index (χ4v) is 2.86. The molecule has 0 saturated heterocycles. The first-order valence-electron chi connectivity index (χ1n) is 8.78. The van der Waals surface area contributed by atoms with Crippen LogP contribution in [-0.4, -0.2) is 11.7 Å². The monoisotopic (exact) mass is 319 g/mol. The predicted molar refractivity (Wildman–Crippen MR) is 90.0 cm³/mol. The van der Waals surface area contributed by atoms with Gasteiger partial charge in [-0.15, -0.1) is 0 Å². The van der Waals surface area contributed by atoms with Crippen LogP contribution in [0.3, 0.4) is 0 Å². The highest BCUT2D eigenvalue weighted by atomic mass is 19.1. The lowest BCUT2D eigenvalue weighted by Crippen LogP contribution is -2.06. The summed E-state index contributed by atoms with van der Waals surface area (Å²) in [5.41, 5.74) is 1.30. The van der Waals surface area contributed by atoms with Crippen LogP contribution in [-0.2, 0) is 4.84 Å². The minimum Gasteiger partial charge on any atom is -0.313 e. The van der Waals surface area contributed by atoms with Crippen LogP contribution < -0.4 is 0 Å². The second-order valence-electron chi connectivity index (χ2n) is 6.23. The van der Waals surface area contributed by atoms with Crippen LogP contribution in [0.4, 0.5) is 4.39 Å². The zero-order chi connectivity index (χ0) is 16.3. The van der Waals surface area contributed by atoms with Crippen molar-refractivity contribution in [2.24, 2.45) is 5.16 Å². The Hall–Kier alpha value is -1.71. The first kappa shape index (κ1) is 17.6. The molecule has 0 N–H and O–H groups in total. The Bertz CT molecular complexity index is 497. The fraction of sp³-hybridized carbons (Fsp3) is 0.579. The molecule has 0 amide bonds. The number of rotatable bonds is 2. The van der Waals surface area contributed by atoms with Crippen molar-refractivity contribution in [3.8, 4) is 0 Å². The lowest BCUT2D eigenvalue weighted by molar-refractivity contribution is 0.0514. The molecule has 0 atom stereocenters. The van der Waals surface area contributed by atoms with Gasteiger partial charge in [-0.25, -0.2) is 9.18 Å². The average Bonchev–Trinajstić information content (AvgIpc) is 2.55. The van der Waals surface area contributed by atoms with Gasteiger partial charge in [-0.2, -0.15) is 0 Å². The van der Waals surface area contributed by atoms with Gasteiger partial charge in [0.25, 0.3) is 0 Å². The van der Waals surface area contributed by atoms with E-state index in [0.717, 1.165) is 31.4 Å². The maximum absolute atomic E-state index is 12.9. The number of hydrogen-bond acceptors (Lipinski definition) is 3. The van der Waals surface area contributed by atoms with Crippen LogP contribution in [0.15, 0.2) is 29.4 Å². The van der Waals surface area contributed by atoms with Crippen LogP contribution >= 0.6 is 0 Å². The summed E-state index contributed by atoms with van der Waals surface area (Å²) < 4.78 is 12.9. The molecule has 2 rings (SSSR count). The fourth-order valence-electron chi connectivity index (χ4n) is 2.86. The van der Waals surface area contributed by atoms with E-state index in [4.69, 9.17) is 4.84 Å². The maximum Gasteiger partial charge on any atom is 0.365 e. The van der Waals surface area contributed by atoms with Crippen LogP contribution in [0, 0.1) is 5.82 Å². The van der Waals surface area contributed by atoms with Crippen molar-refractivity contribution in [3.63, 3.8) is 0 Å². The van der Waals surface area contributed by atoms with Crippen LogP contribution in [0.1, 0.15) is 81.0 Å². The van der Waals surface area contributed by atoms with Gasteiger partial charge in [0.05, 0.1) is 11.3 Å². The summed E-state index contributed by atoms with van der Waals surface area (Å²) in [4.78, 5) is 17.0. The zero-order valence-electron chi connectivity index (χ0n) is 13.7. The van der Waals surface area contributed by atoms with Gasteiger partial charge >= 0.3 is 5.97 Å². The molecular formula is C19H26FNO2. The van der Waals surface area contributed by atoms with Gasteiger partial charge in [-0.3, -0.25) is 0 Å². The van der Waals surface area contributed by atoms with Gasteiger partial charge in [0.2, 0.25) is 0 Å². The summed E-state index contributed by atoms with van der Waals surface area (Å²) in [7, 11) is 0. The van der Waals surface area contributed by atoms with Crippen molar-refractivity contribution >= 4 is 11.7 Å². The largest absolute Gasteiger partial charge is 0.365 e. The van der Waals surface area contributed by atoms with Gasteiger partial charge in [0.15, 0.2) is 0 Å². The topological polar surface area (TPSA) is 38.7 Å². The van der Waals surface area contributed by atoms with E-state index in [2.05, 4.69) is 5.16 Å². The van der Waals surface area contributed by atoms with Gasteiger partial charge in [0.1, 0.15) is 5.82 Å². The molecule has 1 fully saturated rings. The van der Waals surface area contributed by atoms with Crippen LogP contribution in [0.5, 0.6) is 0 Å². The Balaban J connectivity index is 1.88. The number of carbonyl (C=O) groups excluding carboxylic acids is 1. The van der Waals surface area contributed by atoms with Crippen molar-refractivity contribution < 1.29 is 14.0 Å². The predicted octanol–water partition coefficient (Wildman–Crippen LogP) is 5.64. The smallest absolute Gasteiger partial charge is 0.313 e. The molecule has 23 heavy (non-hydrogen) atoms. The number of hydrogen-bond donors (Lipinski definition) is 0. The molecule has 0 radical (unpaired) electrons. The van der Waals surface area contributed by atoms with E-state index in [-0.39, 0.29) is 5.82 Å². The third-order valence-corrected chi connectivity index (χ3v) is 4.27. The lowest BCUT2D eigenvalue weighted by Gasteiger charge is -2.09. The average molecular weight is 319 g/mol. The zero-order valence-corrected chi connectivity index (χ0v) is 13.7. The van der Waals surface area contributed by atoms with Crippen LogP contribution in [0.2, 0.25) is 0 Å². The summed E-state index contributed by atoms with van der Waals surface area (Å²) in [5, 5.41) is 4.08.